The predicted molar refractivity (Wildman–Crippen MR) is 94.7 cm³/mol. The number of ether oxygens (including phenoxy) is 1. The third-order valence-electron chi connectivity index (χ3n) is 6.18. The number of rotatable bonds is 5. The van der Waals surface area contributed by atoms with E-state index in [1.807, 2.05) is 0 Å². The summed E-state index contributed by atoms with van der Waals surface area (Å²) in [5.41, 5.74) is 0.695. The van der Waals surface area contributed by atoms with Crippen molar-refractivity contribution in [3.63, 3.8) is 0 Å². The van der Waals surface area contributed by atoms with E-state index in [1.54, 1.807) is 6.07 Å². The topological polar surface area (TPSA) is 29.5 Å². The van der Waals surface area contributed by atoms with E-state index in [0.717, 1.165) is 31.1 Å². The van der Waals surface area contributed by atoms with Gasteiger partial charge in [0.25, 0.3) is 0 Å². The summed E-state index contributed by atoms with van der Waals surface area (Å²) in [6, 6.07) is 1.56. The third-order valence-corrected chi connectivity index (χ3v) is 6.18. The summed E-state index contributed by atoms with van der Waals surface area (Å²) in [6.07, 6.45) is 9.04. The number of aliphatic hydroxyl groups is 1. The van der Waals surface area contributed by atoms with E-state index in [9.17, 15) is 13.9 Å². The fourth-order valence-corrected chi connectivity index (χ4v) is 4.40. The van der Waals surface area contributed by atoms with E-state index < -0.39 is 17.7 Å². The lowest BCUT2D eigenvalue weighted by Gasteiger charge is -2.31. The monoisotopic (exact) mass is 352 g/mol. The Bertz CT molecular complexity index is 592. The van der Waals surface area contributed by atoms with Crippen LogP contribution in [0.25, 0.3) is 0 Å². The second-order valence-corrected chi connectivity index (χ2v) is 7.91. The maximum absolute atomic E-state index is 14.3. The van der Waals surface area contributed by atoms with Gasteiger partial charge in [0.1, 0.15) is 0 Å². The third kappa shape index (κ3) is 4.16. The second-order valence-electron chi connectivity index (χ2n) is 7.91. The molecule has 1 fully saturated rings. The van der Waals surface area contributed by atoms with Gasteiger partial charge in [0.05, 0.1) is 12.2 Å². The molecule has 1 aromatic rings. The van der Waals surface area contributed by atoms with Gasteiger partial charge in [-0.3, -0.25) is 0 Å². The first kappa shape index (κ1) is 18.6. The Kier molecular flexibility index (Phi) is 5.98. The van der Waals surface area contributed by atoms with Gasteiger partial charge in [-0.25, -0.2) is 4.39 Å². The van der Waals surface area contributed by atoms with Gasteiger partial charge in [-0.2, -0.15) is 4.39 Å². The minimum atomic E-state index is -1.02. The smallest absolute Gasteiger partial charge is 0.201 e. The molecule has 0 amide bonds. The van der Waals surface area contributed by atoms with Crippen molar-refractivity contribution in [1.29, 1.82) is 0 Å². The zero-order chi connectivity index (χ0) is 18.0. The molecule has 1 saturated carbocycles. The van der Waals surface area contributed by atoms with E-state index in [4.69, 9.17) is 4.74 Å². The number of aryl methyl sites for hydroxylation is 1. The van der Waals surface area contributed by atoms with Crippen LogP contribution in [0, 0.1) is 23.5 Å². The summed E-state index contributed by atoms with van der Waals surface area (Å²) < 4.78 is 34.3. The maximum atomic E-state index is 14.3. The van der Waals surface area contributed by atoms with Gasteiger partial charge in [0.15, 0.2) is 11.6 Å². The van der Waals surface area contributed by atoms with Crippen LogP contribution in [0.15, 0.2) is 6.07 Å². The summed E-state index contributed by atoms with van der Waals surface area (Å²) in [6.45, 7) is 3.72. The van der Waals surface area contributed by atoms with Crippen molar-refractivity contribution in [2.24, 2.45) is 11.8 Å². The summed E-state index contributed by atoms with van der Waals surface area (Å²) in [5, 5.41) is 9.60. The Hall–Kier alpha value is -1.16. The molecule has 0 bridgehead atoms. The number of aliphatic hydroxyl groups excluding tert-OH is 1. The van der Waals surface area contributed by atoms with E-state index in [1.165, 1.54) is 39.0 Å². The molecule has 2 nitrogen and oxygen atoms in total. The largest absolute Gasteiger partial charge is 0.487 e. The second kappa shape index (κ2) is 8.03. The zero-order valence-electron chi connectivity index (χ0n) is 15.4. The maximum Gasteiger partial charge on any atom is 0.201 e. The Morgan fingerprint density at radius 1 is 1.08 bits per heavy atom. The van der Waals surface area contributed by atoms with Crippen molar-refractivity contribution in [3.05, 3.63) is 28.8 Å². The van der Waals surface area contributed by atoms with Gasteiger partial charge in [-0.05, 0) is 56.1 Å². The molecule has 1 aliphatic carbocycles. The van der Waals surface area contributed by atoms with Crippen LogP contribution in [0.2, 0.25) is 0 Å². The van der Waals surface area contributed by atoms with Crippen molar-refractivity contribution in [1.82, 2.24) is 0 Å². The molecule has 0 spiro atoms. The van der Waals surface area contributed by atoms with Crippen LogP contribution in [0.4, 0.5) is 8.78 Å². The van der Waals surface area contributed by atoms with Gasteiger partial charge in [-0.1, -0.05) is 39.0 Å². The molecule has 2 aliphatic rings. The molecule has 2 atom stereocenters. The highest BCUT2D eigenvalue weighted by Crippen LogP contribution is 2.38. The zero-order valence-corrected chi connectivity index (χ0v) is 15.4. The summed E-state index contributed by atoms with van der Waals surface area (Å²) in [7, 11) is 0. The Balaban J connectivity index is 1.59. The van der Waals surface area contributed by atoms with E-state index in [0.29, 0.717) is 12.0 Å². The molecular formula is C21H30F2O2. The molecule has 25 heavy (non-hydrogen) atoms. The standard InChI is InChI=1S/C21H30F2O2/c1-3-14-4-6-15(7-5-14)8-10-17-11-9-16-12-18(13(2)24)19(22)20(23)21(16)25-17/h12-15,17,24H,3-11H2,1-2H3. The van der Waals surface area contributed by atoms with Gasteiger partial charge in [0.2, 0.25) is 5.82 Å². The number of fused-ring (bicyclic) bond motifs is 1. The molecule has 2 unspecified atom stereocenters. The molecule has 1 N–H and O–H groups in total. The SMILES string of the molecule is CCC1CCC(CCC2CCc3cc(C(C)O)c(F)c(F)c3O2)CC1. The van der Waals surface area contributed by atoms with E-state index in [-0.39, 0.29) is 17.4 Å². The van der Waals surface area contributed by atoms with Crippen LogP contribution < -0.4 is 4.74 Å². The highest BCUT2D eigenvalue weighted by atomic mass is 19.2. The minimum Gasteiger partial charge on any atom is -0.487 e. The minimum absolute atomic E-state index is 0.0194. The fourth-order valence-electron chi connectivity index (χ4n) is 4.40. The number of halogens is 2. The van der Waals surface area contributed by atoms with E-state index in [2.05, 4.69) is 6.92 Å². The average Bonchev–Trinajstić information content (AvgIpc) is 2.63. The Morgan fingerprint density at radius 3 is 2.40 bits per heavy atom. The summed E-state index contributed by atoms with van der Waals surface area (Å²) in [4.78, 5) is 0. The molecule has 1 heterocycles. The molecule has 0 aromatic heterocycles. The quantitative estimate of drug-likeness (QED) is 0.735. The Morgan fingerprint density at radius 2 is 1.76 bits per heavy atom. The molecular weight excluding hydrogens is 322 g/mol. The fraction of sp³-hybridized carbons (Fsp3) is 0.714. The van der Waals surface area contributed by atoms with Gasteiger partial charge in [0, 0.05) is 5.56 Å². The van der Waals surface area contributed by atoms with Crippen molar-refractivity contribution < 1.29 is 18.6 Å². The molecule has 140 valence electrons. The van der Waals surface area contributed by atoms with Gasteiger partial charge >= 0.3 is 0 Å². The van der Waals surface area contributed by atoms with Crippen LogP contribution in [-0.2, 0) is 6.42 Å². The summed E-state index contributed by atoms with van der Waals surface area (Å²) >= 11 is 0. The van der Waals surface area contributed by atoms with Crippen LogP contribution in [0.3, 0.4) is 0 Å². The van der Waals surface area contributed by atoms with Crippen LogP contribution in [-0.4, -0.2) is 11.2 Å². The Labute approximate surface area is 149 Å². The van der Waals surface area contributed by atoms with Crippen molar-refractivity contribution in [3.8, 4) is 5.75 Å². The molecule has 4 heteroatoms. The highest BCUT2D eigenvalue weighted by molar-refractivity contribution is 5.42. The molecule has 3 rings (SSSR count). The van der Waals surface area contributed by atoms with E-state index >= 15 is 0 Å². The predicted octanol–water partition coefficient (Wildman–Crippen LogP) is 5.71. The number of hydrogen-bond donors (Lipinski definition) is 1. The average molecular weight is 352 g/mol. The first-order valence-electron chi connectivity index (χ1n) is 9.85. The van der Waals surface area contributed by atoms with Crippen LogP contribution in [0.5, 0.6) is 5.75 Å². The molecule has 0 radical (unpaired) electrons. The van der Waals surface area contributed by atoms with Crippen LogP contribution >= 0.6 is 0 Å². The lowest BCUT2D eigenvalue weighted by atomic mass is 9.78. The lowest BCUT2D eigenvalue weighted by Crippen LogP contribution is -2.25. The van der Waals surface area contributed by atoms with Crippen LogP contribution in [0.1, 0.15) is 82.4 Å². The number of benzene rings is 1. The molecule has 1 aliphatic heterocycles. The van der Waals surface area contributed by atoms with Crippen molar-refractivity contribution in [2.45, 2.75) is 83.8 Å². The first-order valence-corrected chi connectivity index (χ1v) is 9.85. The normalized spacial score (nSPS) is 27.5. The van der Waals surface area contributed by atoms with Crippen molar-refractivity contribution in [2.75, 3.05) is 0 Å². The highest BCUT2D eigenvalue weighted by Gasteiger charge is 2.29. The van der Waals surface area contributed by atoms with Crippen molar-refractivity contribution >= 4 is 0 Å². The molecule has 1 aromatic carbocycles. The number of hydrogen-bond acceptors (Lipinski definition) is 2. The first-order chi connectivity index (χ1) is 12.0. The summed E-state index contributed by atoms with van der Waals surface area (Å²) in [5.74, 6) is -0.206. The van der Waals surface area contributed by atoms with Gasteiger partial charge in [-0.15, -0.1) is 0 Å². The molecule has 0 saturated heterocycles. The van der Waals surface area contributed by atoms with Gasteiger partial charge < -0.3 is 9.84 Å². The lowest BCUT2D eigenvalue weighted by molar-refractivity contribution is 0.136.